The zero-order valence-corrected chi connectivity index (χ0v) is 17.0. The lowest BCUT2D eigenvalue weighted by Crippen LogP contribution is -2.36. The van der Waals surface area contributed by atoms with Crippen LogP contribution in [0.4, 0.5) is 5.69 Å². The van der Waals surface area contributed by atoms with E-state index in [-0.39, 0.29) is 24.2 Å². The van der Waals surface area contributed by atoms with Crippen molar-refractivity contribution in [3.8, 4) is 0 Å². The summed E-state index contributed by atoms with van der Waals surface area (Å²) in [5.74, 6) is -0.638. The van der Waals surface area contributed by atoms with E-state index >= 15 is 0 Å². The van der Waals surface area contributed by atoms with Crippen molar-refractivity contribution in [1.82, 2.24) is 4.90 Å². The maximum atomic E-state index is 12.9. The Morgan fingerprint density at radius 3 is 2.25 bits per heavy atom. The monoisotopic (exact) mass is 401 g/mol. The van der Waals surface area contributed by atoms with Crippen LogP contribution in [0.15, 0.2) is 54.6 Å². The molecule has 2 aromatic rings. The van der Waals surface area contributed by atoms with E-state index in [9.17, 15) is 9.59 Å². The summed E-state index contributed by atoms with van der Waals surface area (Å²) in [6, 6.07) is 16.4. The number of benzene rings is 2. The number of amides is 2. The SMILES string of the molecule is CC(C(=O)Nc1ccccc1C(=O)N1CCCCC1)C(N)c1ccccc1.Cl. The zero-order valence-electron chi connectivity index (χ0n) is 16.1. The van der Waals surface area contributed by atoms with Crippen molar-refractivity contribution in [2.45, 2.75) is 32.2 Å². The Bertz CT molecular complexity index is 791. The van der Waals surface area contributed by atoms with Crippen molar-refractivity contribution in [1.29, 1.82) is 0 Å². The predicted molar refractivity (Wildman–Crippen MR) is 115 cm³/mol. The molecule has 2 atom stereocenters. The molecule has 2 unspecified atom stereocenters. The van der Waals surface area contributed by atoms with Gasteiger partial charge in [-0.05, 0) is 37.0 Å². The minimum atomic E-state index is -0.425. The Morgan fingerprint density at radius 1 is 0.964 bits per heavy atom. The van der Waals surface area contributed by atoms with Gasteiger partial charge in [0.2, 0.25) is 5.91 Å². The molecule has 0 aliphatic carbocycles. The number of nitrogens with zero attached hydrogens (tertiary/aromatic N) is 1. The third kappa shape index (κ3) is 5.12. The van der Waals surface area contributed by atoms with Crippen LogP contribution in [0.3, 0.4) is 0 Å². The summed E-state index contributed by atoms with van der Waals surface area (Å²) in [5.41, 5.74) is 8.27. The lowest BCUT2D eigenvalue weighted by atomic mass is 9.94. The van der Waals surface area contributed by atoms with E-state index in [0.29, 0.717) is 11.3 Å². The normalized spacial score (nSPS) is 15.9. The second kappa shape index (κ2) is 10.2. The van der Waals surface area contributed by atoms with Gasteiger partial charge in [0.05, 0.1) is 17.2 Å². The van der Waals surface area contributed by atoms with Gasteiger partial charge in [0.15, 0.2) is 0 Å². The van der Waals surface area contributed by atoms with Crippen LogP contribution in [0, 0.1) is 5.92 Å². The second-order valence-corrected chi connectivity index (χ2v) is 7.11. The van der Waals surface area contributed by atoms with Gasteiger partial charge in [-0.15, -0.1) is 12.4 Å². The van der Waals surface area contributed by atoms with Gasteiger partial charge in [-0.25, -0.2) is 0 Å². The highest BCUT2D eigenvalue weighted by molar-refractivity contribution is 6.04. The van der Waals surface area contributed by atoms with Crippen molar-refractivity contribution < 1.29 is 9.59 Å². The second-order valence-electron chi connectivity index (χ2n) is 7.11. The lowest BCUT2D eigenvalue weighted by Gasteiger charge is -2.27. The summed E-state index contributed by atoms with van der Waals surface area (Å²) in [5, 5.41) is 2.91. The summed E-state index contributed by atoms with van der Waals surface area (Å²) in [7, 11) is 0. The van der Waals surface area contributed by atoms with Crippen molar-refractivity contribution >= 4 is 29.9 Å². The highest BCUT2D eigenvalue weighted by atomic mass is 35.5. The number of nitrogens with one attached hydrogen (secondary N) is 1. The van der Waals surface area contributed by atoms with Gasteiger partial charge in [-0.3, -0.25) is 9.59 Å². The Morgan fingerprint density at radius 2 is 1.57 bits per heavy atom. The summed E-state index contributed by atoms with van der Waals surface area (Å²) in [6.45, 7) is 3.36. The molecular weight excluding hydrogens is 374 g/mol. The maximum absolute atomic E-state index is 12.9. The topological polar surface area (TPSA) is 75.4 Å². The van der Waals surface area contributed by atoms with Crippen molar-refractivity contribution in [3.05, 3.63) is 65.7 Å². The van der Waals surface area contributed by atoms with Crippen LogP contribution in [0.5, 0.6) is 0 Å². The first-order chi connectivity index (χ1) is 13.1. The molecule has 1 fully saturated rings. The Hall–Kier alpha value is -2.37. The number of para-hydroxylation sites is 1. The molecule has 0 spiro atoms. The summed E-state index contributed by atoms with van der Waals surface area (Å²) in [6.07, 6.45) is 3.23. The van der Waals surface area contributed by atoms with Crippen LogP contribution in [0.25, 0.3) is 0 Å². The Balaban J connectivity index is 0.00000280. The van der Waals surface area contributed by atoms with Gasteiger partial charge in [-0.1, -0.05) is 49.4 Å². The zero-order chi connectivity index (χ0) is 19.2. The van der Waals surface area contributed by atoms with Crippen LogP contribution in [0.2, 0.25) is 0 Å². The molecule has 0 radical (unpaired) electrons. The summed E-state index contributed by atoms with van der Waals surface area (Å²) in [4.78, 5) is 27.5. The van der Waals surface area contributed by atoms with E-state index in [0.717, 1.165) is 37.9 Å². The number of hydrogen-bond acceptors (Lipinski definition) is 3. The average Bonchev–Trinajstić information content (AvgIpc) is 2.73. The predicted octanol–water partition coefficient (Wildman–Crippen LogP) is 4.01. The van der Waals surface area contributed by atoms with E-state index in [2.05, 4.69) is 5.32 Å². The molecule has 0 aromatic heterocycles. The third-order valence-electron chi connectivity index (χ3n) is 5.20. The van der Waals surface area contributed by atoms with Crippen molar-refractivity contribution in [2.75, 3.05) is 18.4 Å². The van der Waals surface area contributed by atoms with Crippen LogP contribution in [-0.4, -0.2) is 29.8 Å². The molecule has 1 heterocycles. The van der Waals surface area contributed by atoms with Crippen LogP contribution in [0.1, 0.15) is 48.1 Å². The number of anilines is 1. The van der Waals surface area contributed by atoms with Gasteiger partial charge >= 0.3 is 0 Å². The fourth-order valence-electron chi connectivity index (χ4n) is 3.42. The number of hydrogen-bond donors (Lipinski definition) is 2. The number of likely N-dealkylation sites (tertiary alicyclic amines) is 1. The summed E-state index contributed by atoms with van der Waals surface area (Å²) < 4.78 is 0. The molecule has 28 heavy (non-hydrogen) atoms. The fraction of sp³-hybridized carbons (Fsp3) is 0.364. The first kappa shape index (κ1) is 21.9. The van der Waals surface area contributed by atoms with Gasteiger partial charge in [0.25, 0.3) is 5.91 Å². The first-order valence-corrected chi connectivity index (χ1v) is 9.57. The molecule has 6 heteroatoms. The standard InChI is InChI=1S/C22H27N3O2.ClH/c1-16(20(23)17-10-4-2-5-11-17)21(26)24-19-13-7-6-12-18(19)22(27)25-14-8-3-9-15-25;/h2,4-7,10-13,16,20H,3,8-9,14-15,23H2,1H3,(H,24,26);1H. The Kier molecular flexibility index (Phi) is 8.03. The van der Waals surface area contributed by atoms with E-state index in [1.807, 2.05) is 54.3 Å². The highest BCUT2D eigenvalue weighted by Crippen LogP contribution is 2.24. The third-order valence-corrected chi connectivity index (χ3v) is 5.20. The molecule has 3 N–H and O–H groups in total. The minimum Gasteiger partial charge on any atom is -0.339 e. The average molecular weight is 402 g/mol. The van der Waals surface area contributed by atoms with Crippen molar-refractivity contribution in [2.24, 2.45) is 11.7 Å². The molecule has 2 aromatic carbocycles. The van der Waals surface area contributed by atoms with Crippen LogP contribution < -0.4 is 11.1 Å². The minimum absolute atomic E-state index is 0. The smallest absolute Gasteiger partial charge is 0.255 e. The lowest BCUT2D eigenvalue weighted by molar-refractivity contribution is -0.120. The molecule has 3 rings (SSSR count). The molecule has 1 aliphatic rings. The molecule has 1 aliphatic heterocycles. The molecule has 2 amide bonds. The van der Waals surface area contributed by atoms with Gasteiger partial charge in [0, 0.05) is 19.1 Å². The number of carbonyl (C=O) groups excluding carboxylic acids is 2. The molecular formula is C22H28ClN3O2. The highest BCUT2D eigenvalue weighted by Gasteiger charge is 2.25. The number of carbonyl (C=O) groups is 2. The van der Waals surface area contributed by atoms with Crippen LogP contribution >= 0.6 is 12.4 Å². The largest absolute Gasteiger partial charge is 0.339 e. The van der Waals surface area contributed by atoms with Crippen LogP contribution in [-0.2, 0) is 4.79 Å². The first-order valence-electron chi connectivity index (χ1n) is 9.57. The molecule has 1 saturated heterocycles. The summed E-state index contributed by atoms with van der Waals surface area (Å²) >= 11 is 0. The van der Waals surface area contributed by atoms with Crippen molar-refractivity contribution in [3.63, 3.8) is 0 Å². The van der Waals surface area contributed by atoms with E-state index < -0.39 is 12.0 Å². The van der Waals surface area contributed by atoms with Gasteiger partial charge in [-0.2, -0.15) is 0 Å². The van der Waals surface area contributed by atoms with E-state index in [1.165, 1.54) is 0 Å². The van der Waals surface area contributed by atoms with E-state index in [1.54, 1.807) is 12.1 Å². The number of nitrogens with two attached hydrogens (primary N) is 1. The Labute approximate surface area is 172 Å². The number of halogens is 1. The van der Waals surface area contributed by atoms with Gasteiger partial charge in [0.1, 0.15) is 0 Å². The maximum Gasteiger partial charge on any atom is 0.255 e. The molecule has 5 nitrogen and oxygen atoms in total. The molecule has 150 valence electrons. The number of rotatable bonds is 5. The fourth-order valence-corrected chi connectivity index (χ4v) is 3.42. The molecule has 0 saturated carbocycles. The van der Waals surface area contributed by atoms with E-state index in [4.69, 9.17) is 5.73 Å². The number of piperidine rings is 1. The quantitative estimate of drug-likeness (QED) is 0.794. The van der Waals surface area contributed by atoms with Gasteiger partial charge < -0.3 is 16.0 Å². The molecule has 0 bridgehead atoms.